The van der Waals surface area contributed by atoms with Crippen molar-refractivity contribution in [1.29, 1.82) is 0 Å². The highest BCUT2D eigenvalue weighted by atomic mass is 32.1. The molecule has 0 spiro atoms. The van der Waals surface area contributed by atoms with Gasteiger partial charge in [0.15, 0.2) is 5.13 Å². The molecule has 1 heterocycles. The molecule has 0 unspecified atom stereocenters. The van der Waals surface area contributed by atoms with Crippen LogP contribution in [0.15, 0.2) is 24.3 Å². The second kappa shape index (κ2) is 4.51. The van der Waals surface area contributed by atoms with Crippen LogP contribution in [-0.2, 0) is 6.61 Å². The van der Waals surface area contributed by atoms with Gasteiger partial charge in [0.2, 0.25) is 0 Å². The van der Waals surface area contributed by atoms with Gasteiger partial charge in [0.25, 0.3) is 0 Å². The average Bonchev–Trinajstić information content (AvgIpc) is 2.70. The molecule has 4 nitrogen and oxygen atoms in total. The summed E-state index contributed by atoms with van der Waals surface area (Å²) in [5.74, 6) is 0.757. The maximum Gasteiger partial charge on any atom is 0.180 e. The second-order valence-corrected chi connectivity index (χ2v) is 4.33. The normalized spacial score (nSPS) is 10.4. The van der Waals surface area contributed by atoms with E-state index in [1.54, 1.807) is 7.11 Å². The number of methoxy groups -OCH3 is 1. The lowest BCUT2D eigenvalue weighted by Gasteiger charge is -2.03. The van der Waals surface area contributed by atoms with Crippen LogP contribution in [-0.4, -0.2) is 17.2 Å². The van der Waals surface area contributed by atoms with Crippen molar-refractivity contribution in [2.24, 2.45) is 0 Å². The van der Waals surface area contributed by atoms with Gasteiger partial charge in [-0.15, -0.1) is 0 Å². The lowest BCUT2D eigenvalue weighted by molar-refractivity contribution is 0.286. The van der Waals surface area contributed by atoms with Gasteiger partial charge in [-0.1, -0.05) is 23.5 Å². The van der Waals surface area contributed by atoms with E-state index in [2.05, 4.69) is 4.98 Å². The standard InChI is InChI=1S/C11H12N2O2S/c1-15-8-4-2-3-7(5-8)10-9(6-14)16-11(12)13-10/h2-5,14H,6H2,1H3,(H2,12,13). The molecule has 0 aliphatic carbocycles. The number of aliphatic hydroxyl groups excluding tert-OH is 1. The van der Waals surface area contributed by atoms with Crippen LogP contribution in [0.2, 0.25) is 0 Å². The molecule has 3 N–H and O–H groups in total. The topological polar surface area (TPSA) is 68.4 Å². The number of benzene rings is 1. The van der Waals surface area contributed by atoms with E-state index in [-0.39, 0.29) is 6.61 Å². The summed E-state index contributed by atoms with van der Waals surface area (Å²) in [7, 11) is 1.61. The van der Waals surface area contributed by atoms with Crippen molar-refractivity contribution < 1.29 is 9.84 Å². The van der Waals surface area contributed by atoms with E-state index in [4.69, 9.17) is 10.5 Å². The molecular formula is C11H12N2O2S. The lowest BCUT2D eigenvalue weighted by Crippen LogP contribution is -1.88. The van der Waals surface area contributed by atoms with Gasteiger partial charge in [0.1, 0.15) is 5.75 Å². The summed E-state index contributed by atoms with van der Waals surface area (Å²) in [4.78, 5) is 4.98. The van der Waals surface area contributed by atoms with Crippen molar-refractivity contribution in [3.05, 3.63) is 29.1 Å². The van der Waals surface area contributed by atoms with Crippen molar-refractivity contribution >= 4 is 16.5 Å². The molecule has 5 heteroatoms. The summed E-state index contributed by atoms with van der Waals surface area (Å²) >= 11 is 1.30. The summed E-state index contributed by atoms with van der Waals surface area (Å²) in [6.45, 7) is -0.0542. The van der Waals surface area contributed by atoms with E-state index in [0.717, 1.165) is 21.9 Å². The van der Waals surface area contributed by atoms with Gasteiger partial charge < -0.3 is 15.6 Å². The van der Waals surface area contributed by atoms with Crippen molar-refractivity contribution in [1.82, 2.24) is 4.98 Å². The Morgan fingerprint density at radius 2 is 2.31 bits per heavy atom. The van der Waals surface area contributed by atoms with Gasteiger partial charge in [-0.2, -0.15) is 0 Å². The molecular weight excluding hydrogens is 224 g/mol. The highest BCUT2D eigenvalue weighted by Crippen LogP contribution is 2.31. The molecule has 0 fully saturated rings. The smallest absolute Gasteiger partial charge is 0.180 e. The average molecular weight is 236 g/mol. The molecule has 0 saturated carbocycles. The predicted molar refractivity (Wildman–Crippen MR) is 64.4 cm³/mol. The number of anilines is 1. The van der Waals surface area contributed by atoms with Crippen molar-refractivity contribution in [3.8, 4) is 17.0 Å². The molecule has 1 aromatic carbocycles. The molecule has 0 bridgehead atoms. The first-order valence-corrected chi connectivity index (χ1v) is 5.56. The quantitative estimate of drug-likeness (QED) is 0.854. The first kappa shape index (κ1) is 10.9. The fraction of sp³-hybridized carbons (Fsp3) is 0.182. The third-order valence-corrected chi connectivity index (χ3v) is 3.07. The van der Waals surface area contributed by atoms with Gasteiger partial charge >= 0.3 is 0 Å². The van der Waals surface area contributed by atoms with Crippen molar-refractivity contribution in [2.45, 2.75) is 6.61 Å². The first-order chi connectivity index (χ1) is 7.74. The Morgan fingerprint density at radius 1 is 1.50 bits per heavy atom. The number of ether oxygens (including phenoxy) is 1. The monoisotopic (exact) mass is 236 g/mol. The molecule has 0 amide bonds. The molecule has 0 aliphatic rings. The van der Waals surface area contributed by atoms with Crippen molar-refractivity contribution in [3.63, 3.8) is 0 Å². The summed E-state index contributed by atoms with van der Waals surface area (Å²) in [6, 6.07) is 7.52. The Kier molecular flexibility index (Phi) is 3.07. The number of rotatable bonds is 3. The van der Waals surface area contributed by atoms with Gasteiger partial charge in [0.05, 0.1) is 24.3 Å². The van der Waals surface area contributed by atoms with Crippen LogP contribution in [0, 0.1) is 0 Å². The van der Waals surface area contributed by atoms with Crippen LogP contribution in [0.4, 0.5) is 5.13 Å². The molecule has 2 rings (SSSR count). The Hall–Kier alpha value is -1.59. The number of aromatic nitrogens is 1. The molecule has 84 valence electrons. The number of nitrogens with two attached hydrogens (primary N) is 1. The third-order valence-electron chi connectivity index (χ3n) is 2.20. The number of thiazole rings is 1. The number of hydrogen-bond donors (Lipinski definition) is 2. The van der Waals surface area contributed by atoms with Gasteiger partial charge in [-0.25, -0.2) is 4.98 Å². The Labute approximate surface area is 97.3 Å². The van der Waals surface area contributed by atoms with Crippen LogP contribution in [0.5, 0.6) is 5.75 Å². The zero-order valence-corrected chi connectivity index (χ0v) is 9.62. The summed E-state index contributed by atoms with van der Waals surface area (Å²) in [6.07, 6.45) is 0. The van der Waals surface area contributed by atoms with E-state index in [0.29, 0.717) is 5.13 Å². The van der Waals surface area contributed by atoms with E-state index in [9.17, 15) is 5.11 Å². The molecule has 2 aromatic rings. The van der Waals surface area contributed by atoms with Gasteiger partial charge in [-0.3, -0.25) is 0 Å². The minimum atomic E-state index is -0.0542. The largest absolute Gasteiger partial charge is 0.497 e. The first-order valence-electron chi connectivity index (χ1n) is 4.75. The number of aliphatic hydroxyl groups is 1. The van der Waals surface area contributed by atoms with Crippen LogP contribution in [0.25, 0.3) is 11.3 Å². The maximum absolute atomic E-state index is 9.20. The fourth-order valence-electron chi connectivity index (χ4n) is 1.47. The van der Waals surface area contributed by atoms with E-state index in [1.807, 2.05) is 24.3 Å². The minimum Gasteiger partial charge on any atom is -0.497 e. The molecule has 1 aromatic heterocycles. The Bertz CT molecular complexity index is 496. The highest BCUT2D eigenvalue weighted by molar-refractivity contribution is 7.15. The molecule has 0 radical (unpaired) electrons. The Morgan fingerprint density at radius 3 is 3.00 bits per heavy atom. The fourth-order valence-corrected chi connectivity index (χ4v) is 2.19. The summed E-state index contributed by atoms with van der Waals surface area (Å²) in [5.41, 5.74) is 7.25. The number of nitrogen functional groups attached to an aromatic ring is 1. The molecule has 0 atom stereocenters. The lowest BCUT2D eigenvalue weighted by atomic mass is 10.1. The zero-order valence-electron chi connectivity index (χ0n) is 8.80. The highest BCUT2D eigenvalue weighted by Gasteiger charge is 2.11. The van der Waals surface area contributed by atoms with E-state index in [1.165, 1.54) is 11.3 Å². The van der Waals surface area contributed by atoms with Crippen molar-refractivity contribution in [2.75, 3.05) is 12.8 Å². The van der Waals surface area contributed by atoms with E-state index >= 15 is 0 Å². The number of hydrogen-bond acceptors (Lipinski definition) is 5. The van der Waals surface area contributed by atoms with E-state index < -0.39 is 0 Å². The Balaban J connectivity index is 2.48. The van der Waals surface area contributed by atoms with Crippen LogP contribution in [0.3, 0.4) is 0 Å². The predicted octanol–water partition coefficient (Wildman–Crippen LogP) is 1.89. The van der Waals surface area contributed by atoms with Gasteiger partial charge in [-0.05, 0) is 12.1 Å². The minimum absolute atomic E-state index is 0.0542. The van der Waals surface area contributed by atoms with Crippen LogP contribution in [0.1, 0.15) is 4.88 Å². The SMILES string of the molecule is COc1cccc(-c2nc(N)sc2CO)c1. The van der Waals surface area contributed by atoms with Crippen LogP contribution >= 0.6 is 11.3 Å². The number of nitrogens with zero attached hydrogens (tertiary/aromatic N) is 1. The molecule has 16 heavy (non-hydrogen) atoms. The second-order valence-electron chi connectivity index (χ2n) is 3.21. The zero-order chi connectivity index (χ0) is 11.5. The maximum atomic E-state index is 9.20. The third kappa shape index (κ3) is 2.00. The molecule has 0 aliphatic heterocycles. The van der Waals surface area contributed by atoms with Gasteiger partial charge in [0, 0.05) is 5.56 Å². The van der Waals surface area contributed by atoms with Crippen LogP contribution < -0.4 is 10.5 Å². The molecule has 0 saturated heterocycles. The summed E-state index contributed by atoms with van der Waals surface area (Å²) < 4.78 is 5.14. The summed E-state index contributed by atoms with van der Waals surface area (Å²) in [5, 5.41) is 9.66.